The molecule has 0 saturated carbocycles. The van der Waals surface area contributed by atoms with Crippen LogP contribution in [0.3, 0.4) is 0 Å². The number of furan rings is 1. The van der Waals surface area contributed by atoms with Crippen LogP contribution in [0, 0.1) is 0 Å². The van der Waals surface area contributed by atoms with Gasteiger partial charge in [0.05, 0.1) is 22.5 Å². The number of pyridine rings is 1. The standard InChI is InChI=1S/C18H12ClF2N3O3S/c19-12-9-10(5-6-13(12)24-16(26)14-4-2-8-27-14)23-15(25)11-3-1-7-22-17(11)28-18(20)21/h1-9,18H,(H,23,25)(H,24,26). The molecule has 0 aliphatic heterocycles. The Balaban J connectivity index is 1.73. The number of nitrogens with one attached hydrogen (secondary N) is 2. The number of hydrogen-bond donors (Lipinski definition) is 2. The molecule has 0 atom stereocenters. The average molecular weight is 424 g/mol. The molecule has 0 bridgehead atoms. The molecule has 0 aliphatic carbocycles. The fraction of sp³-hybridized carbons (Fsp3) is 0.0556. The Morgan fingerprint density at radius 2 is 1.93 bits per heavy atom. The number of alkyl halides is 2. The average Bonchev–Trinajstić information content (AvgIpc) is 3.18. The first-order valence-electron chi connectivity index (χ1n) is 7.79. The van der Waals surface area contributed by atoms with Crippen molar-refractivity contribution in [1.29, 1.82) is 0 Å². The molecule has 2 aromatic heterocycles. The summed E-state index contributed by atoms with van der Waals surface area (Å²) in [6, 6.07) is 10.4. The van der Waals surface area contributed by atoms with E-state index in [1.54, 1.807) is 6.07 Å². The summed E-state index contributed by atoms with van der Waals surface area (Å²) in [7, 11) is 0. The highest BCUT2D eigenvalue weighted by molar-refractivity contribution is 7.99. The largest absolute Gasteiger partial charge is 0.459 e. The second-order valence-electron chi connectivity index (χ2n) is 5.31. The molecule has 2 N–H and O–H groups in total. The fourth-order valence-corrected chi connectivity index (χ4v) is 3.03. The lowest BCUT2D eigenvalue weighted by molar-refractivity contribution is 0.0994. The van der Waals surface area contributed by atoms with E-state index < -0.39 is 17.6 Å². The summed E-state index contributed by atoms with van der Waals surface area (Å²) in [5.41, 5.74) is 0.651. The minimum Gasteiger partial charge on any atom is -0.459 e. The molecule has 3 rings (SSSR count). The van der Waals surface area contributed by atoms with E-state index in [2.05, 4.69) is 15.6 Å². The summed E-state index contributed by atoms with van der Waals surface area (Å²) in [5, 5.41) is 5.24. The van der Waals surface area contributed by atoms with Crippen LogP contribution < -0.4 is 10.6 Å². The van der Waals surface area contributed by atoms with Crippen LogP contribution in [-0.2, 0) is 0 Å². The molecule has 0 fully saturated rings. The lowest BCUT2D eigenvalue weighted by atomic mass is 10.2. The van der Waals surface area contributed by atoms with Crippen LogP contribution in [0.15, 0.2) is 64.4 Å². The maximum absolute atomic E-state index is 12.6. The van der Waals surface area contributed by atoms with E-state index in [1.165, 1.54) is 48.9 Å². The number of rotatable bonds is 6. The molecule has 144 valence electrons. The van der Waals surface area contributed by atoms with Crippen molar-refractivity contribution in [3.63, 3.8) is 0 Å². The van der Waals surface area contributed by atoms with Gasteiger partial charge in [-0.1, -0.05) is 11.6 Å². The Hall–Kier alpha value is -2.91. The van der Waals surface area contributed by atoms with Crippen molar-refractivity contribution in [2.45, 2.75) is 10.8 Å². The number of carbonyl (C=O) groups excluding carboxylic acids is 2. The fourth-order valence-electron chi connectivity index (χ4n) is 2.23. The van der Waals surface area contributed by atoms with Gasteiger partial charge in [0.15, 0.2) is 5.76 Å². The quantitative estimate of drug-likeness (QED) is 0.536. The third-order valence-electron chi connectivity index (χ3n) is 3.44. The summed E-state index contributed by atoms with van der Waals surface area (Å²) in [4.78, 5) is 28.2. The van der Waals surface area contributed by atoms with Crippen LogP contribution >= 0.6 is 23.4 Å². The predicted octanol–water partition coefficient (Wildman–Crippen LogP) is 5.15. The van der Waals surface area contributed by atoms with Crippen LogP contribution in [0.5, 0.6) is 0 Å². The maximum atomic E-state index is 12.6. The lowest BCUT2D eigenvalue weighted by Crippen LogP contribution is -2.14. The molecule has 0 aliphatic rings. The Morgan fingerprint density at radius 1 is 1.11 bits per heavy atom. The molecule has 0 unspecified atom stereocenters. The SMILES string of the molecule is O=C(Nc1ccc(NC(=O)c2cccnc2SC(F)F)cc1Cl)c1ccco1. The highest BCUT2D eigenvalue weighted by atomic mass is 35.5. The van der Waals surface area contributed by atoms with Crippen LogP contribution in [0.2, 0.25) is 5.02 Å². The minimum atomic E-state index is -2.70. The van der Waals surface area contributed by atoms with Crippen molar-refractivity contribution in [2.75, 3.05) is 10.6 Å². The maximum Gasteiger partial charge on any atom is 0.291 e. The second-order valence-corrected chi connectivity index (χ2v) is 6.70. The highest BCUT2D eigenvalue weighted by Crippen LogP contribution is 2.29. The van der Waals surface area contributed by atoms with Crippen molar-refractivity contribution in [3.05, 3.63) is 71.3 Å². The van der Waals surface area contributed by atoms with E-state index in [-0.39, 0.29) is 33.1 Å². The third-order valence-corrected chi connectivity index (χ3v) is 4.48. The van der Waals surface area contributed by atoms with E-state index in [9.17, 15) is 18.4 Å². The Labute approximate surface area is 167 Å². The van der Waals surface area contributed by atoms with Gasteiger partial charge >= 0.3 is 0 Å². The number of aromatic nitrogens is 1. The van der Waals surface area contributed by atoms with E-state index in [0.29, 0.717) is 11.4 Å². The van der Waals surface area contributed by atoms with Gasteiger partial charge < -0.3 is 15.1 Å². The van der Waals surface area contributed by atoms with Gasteiger partial charge in [-0.05, 0) is 54.2 Å². The molecule has 28 heavy (non-hydrogen) atoms. The summed E-state index contributed by atoms with van der Waals surface area (Å²) in [5.74, 6) is -3.67. The molecule has 0 radical (unpaired) electrons. The number of nitrogens with zero attached hydrogens (tertiary/aromatic N) is 1. The molecule has 1 aromatic carbocycles. The number of hydrogen-bond acceptors (Lipinski definition) is 5. The van der Waals surface area contributed by atoms with Gasteiger partial charge in [0.2, 0.25) is 0 Å². The smallest absolute Gasteiger partial charge is 0.291 e. The monoisotopic (exact) mass is 423 g/mol. The van der Waals surface area contributed by atoms with Crippen LogP contribution in [-0.4, -0.2) is 22.6 Å². The molecular weight excluding hydrogens is 412 g/mol. The number of thioether (sulfide) groups is 1. The number of anilines is 2. The summed E-state index contributed by atoms with van der Waals surface area (Å²) in [6.07, 6.45) is 2.70. The van der Waals surface area contributed by atoms with Gasteiger partial charge in [-0.25, -0.2) is 4.98 Å². The van der Waals surface area contributed by atoms with Crippen molar-refractivity contribution < 1.29 is 22.8 Å². The first-order chi connectivity index (χ1) is 13.4. The lowest BCUT2D eigenvalue weighted by Gasteiger charge is -2.11. The normalized spacial score (nSPS) is 10.7. The zero-order valence-electron chi connectivity index (χ0n) is 14.0. The molecule has 0 spiro atoms. The number of benzene rings is 1. The Kier molecular flexibility index (Phi) is 6.27. The van der Waals surface area contributed by atoms with E-state index in [4.69, 9.17) is 16.0 Å². The van der Waals surface area contributed by atoms with Crippen LogP contribution in [0.25, 0.3) is 0 Å². The number of halogens is 3. The topological polar surface area (TPSA) is 84.2 Å². The summed E-state index contributed by atoms with van der Waals surface area (Å²) < 4.78 is 30.3. The van der Waals surface area contributed by atoms with Gasteiger partial charge in [0.1, 0.15) is 5.03 Å². The van der Waals surface area contributed by atoms with Gasteiger partial charge in [-0.2, -0.15) is 8.78 Å². The van der Waals surface area contributed by atoms with Crippen molar-refractivity contribution in [1.82, 2.24) is 4.98 Å². The number of amides is 2. The van der Waals surface area contributed by atoms with Gasteiger partial charge in [-0.15, -0.1) is 0 Å². The first-order valence-corrected chi connectivity index (χ1v) is 9.05. The molecule has 2 amide bonds. The van der Waals surface area contributed by atoms with Crippen molar-refractivity contribution in [3.8, 4) is 0 Å². The van der Waals surface area contributed by atoms with E-state index >= 15 is 0 Å². The third kappa shape index (κ3) is 4.87. The molecule has 3 aromatic rings. The zero-order chi connectivity index (χ0) is 20.1. The van der Waals surface area contributed by atoms with Gasteiger partial charge in [0, 0.05) is 11.9 Å². The highest BCUT2D eigenvalue weighted by Gasteiger charge is 2.17. The second kappa shape index (κ2) is 8.85. The molecule has 0 saturated heterocycles. The first kappa shape index (κ1) is 19.8. The molecule has 10 heteroatoms. The Bertz CT molecular complexity index is 1000. The molecular formula is C18H12ClF2N3O3S. The van der Waals surface area contributed by atoms with Gasteiger partial charge in [-0.3, -0.25) is 9.59 Å². The summed E-state index contributed by atoms with van der Waals surface area (Å²) >= 11 is 6.34. The summed E-state index contributed by atoms with van der Waals surface area (Å²) in [6.45, 7) is 0. The van der Waals surface area contributed by atoms with Gasteiger partial charge in [0.25, 0.3) is 17.6 Å². The van der Waals surface area contributed by atoms with Crippen molar-refractivity contribution >= 4 is 46.6 Å². The van der Waals surface area contributed by atoms with E-state index in [0.717, 1.165) is 0 Å². The zero-order valence-corrected chi connectivity index (χ0v) is 15.6. The van der Waals surface area contributed by atoms with Crippen molar-refractivity contribution in [2.24, 2.45) is 0 Å². The van der Waals surface area contributed by atoms with E-state index in [1.807, 2.05) is 0 Å². The molecule has 6 nitrogen and oxygen atoms in total. The minimum absolute atomic E-state index is 0.0131. The number of carbonyl (C=O) groups is 2. The predicted molar refractivity (Wildman–Crippen MR) is 102 cm³/mol. The molecule has 2 heterocycles. The Morgan fingerprint density at radius 3 is 2.61 bits per heavy atom. The van der Waals surface area contributed by atoms with Crippen LogP contribution in [0.4, 0.5) is 20.2 Å². The van der Waals surface area contributed by atoms with Crippen LogP contribution in [0.1, 0.15) is 20.9 Å².